The summed E-state index contributed by atoms with van der Waals surface area (Å²) in [6, 6.07) is 20.7. The lowest BCUT2D eigenvalue weighted by Gasteiger charge is -2.12. The molecular formula is C27H20Cl2N2O2S. The Morgan fingerprint density at radius 1 is 0.912 bits per heavy atom. The summed E-state index contributed by atoms with van der Waals surface area (Å²) in [5.74, 6) is -0.337. The van der Waals surface area contributed by atoms with E-state index in [1.165, 1.54) is 10.5 Å². The van der Waals surface area contributed by atoms with Crippen LogP contribution in [-0.4, -0.2) is 15.7 Å². The van der Waals surface area contributed by atoms with E-state index in [1.807, 2.05) is 48.7 Å². The predicted molar refractivity (Wildman–Crippen MR) is 142 cm³/mol. The van der Waals surface area contributed by atoms with Crippen molar-refractivity contribution in [2.45, 2.75) is 19.9 Å². The highest BCUT2D eigenvalue weighted by atomic mass is 35.5. The fourth-order valence-corrected chi connectivity index (χ4v) is 5.38. The molecule has 1 aliphatic heterocycles. The Labute approximate surface area is 211 Å². The van der Waals surface area contributed by atoms with Crippen molar-refractivity contribution in [1.29, 1.82) is 0 Å². The highest BCUT2D eigenvalue weighted by Gasteiger charge is 2.36. The predicted octanol–water partition coefficient (Wildman–Crippen LogP) is 7.80. The Morgan fingerprint density at radius 3 is 2.38 bits per heavy atom. The Kier molecular flexibility index (Phi) is 6.26. The van der Waals surface area contributed by atoms with Gasteiger partial charge in [-0.1, -0.05) is 66.5 Å². The molecule has 4 nitrogen and oxygen atoms in total. The van der Waals surface area contributed by atoms with Gasteiger partial charge < -0.3 is 4.57 Å². The van der Waals surface area contributed by atoms with Gasteiger partial charge in [0.1, 0.15) is 0 Å². The summed E-state index contributed by atoms with van der Waals surface area (Å²) in [5.41, 5.74) is 4.72. The van der Waals surface area contributed by atoms with Crippen molar-refractivity contribution in [2.75, 3.05) is 4.90 Å². The number of imide groups is 1. The number of rotatable bonds is 5. The number of aromatic nitrogens is 1. The van der Waals surface area contributed by atoms with E-state index in [2.05, 4.69) is 17.6 Å². The largest absolute Gasteiger partial charge is 0.342 e. The van der Waals surface area contributed by atoms with Crippen LogP contribution in [-0.2, 0) is 17.8 Å². The molecule has 0 N–H and O–H groups in total. The molecule has 1 saturated heterocycles. The molecule has 0 radical (unpaired) electrons. The molecule has 7 heteroatoms. The van der Waals surface area contributed by atoms with Crippen LogP contribution >= 0.6 is 35.0 Å². The number of para-hydroxylation sites is 1. The number of nitrogens with zero attached hydrogens (tertiary/aromatic N) is 2. The fraction of sp³-hybridized carbons (Fsp3) is 0.111. The SMILES string of the molecule is CCc1cccc2c(/C=C3\SC(=O)N(c4ccc(Cl)cc4)C3=O)cn(Cc3ccccc3Cl)c12. The molecule has 1 fully saturated rings. The second-order valence-corrected chi connectivity index (χ2v) is 9.80. The van der Waals surface area contributed by atoms with Gasteiger partial charge in [-0.15, -0.1) is 0 Å². The quantitative estimate of drug-likeness (QED) is 0.259. The number of carbonyl (C=O) groups is 2. The molecule has 0 bridgehead atoms. The van der Waals surface area contributed by atoms with E-state index in [4.69, 9.17) is 23.2 Å². The lowest BCUT2D eigenvalue weighted by atomic mass is 10.1. The first-order chi connectivity index (χ1) is 16.5. The standard InChI is InChI=1S/C27H20Cl2N2O2S/c1-2-17-7-5-8-22-19(16-30(25(17)22)15-18-6-3-4-9-23(18)29)14-24-26(32)31(27(33)34-24)21-12-10-20(28)11-13-21/h3-14,16H,2,15H2,1H3/b24-14-. The zero-order chi connectivity index (χ0) is 23.8. The summed E-state index contributed by atoms with van der Waals surface area (Å²) in [4.78, 5) is 27.4. The monoisotopic (exact) mass is 506 g/mol. The molecule has 0 spiro atoms. The maximum atomic E-state index is 13.2. The molecule has 0 unspecified atom stereocenters. The fourth-order valence-electron chi connectivity index (χ4n) is 4.22. The number of amides is 2. The van der Waals surface area contributed by atoms with Crippen LogP contribution in [0.4, 0.5) is 10.5 Å². The molecule has 34 heavy (non-hydrogen) atoms. The molecule has 5 rings (SSSR count). The minimum atomic E-state index is -0.337. The van der Waals surface area contributed by atoms with Gasteiger partial charge in [0.25, 0.3) is 11.1 Å². The molecule has 1 aliphatic rings. The number of aryl methyl sites for hydroxylation is 1. The molecule has 0 saturated carbocycles. The zero-order valence-corrected chi connectivity index (χ0v) is 20.6. The molecule has 2 heterocycles. The summed E-state index contributed by atoms with van der Waals surface area (Å²) in [5, 5.41) is 1.96. The van der Waals surface area contributed by atoms with Crippen molar-refractivity contribution >= 4 is 68.8 Å². The van der Waals surface area contributed by atoms with Gasteiger partial charge in [-0.05, 0) is 65.7 Å². The number of hydrogen-bond donors (Lipinski definition) is 0. The topological polar surface area (TPSA) is 42.3 Å². The van der Waals surface area contributed by atoms with E-state index in [0.717, 1.165) is 40.2 Å². The van der Waals surface area contributed by atoms with Gasteiger partial charge in [0.15, 0.2) is 0 Å². The van der Waals surface area contributed by atoms with Gasteiger partial charge in [-0.25, -0.2) is 4.90 Å². The summed E-state index contributed by atoms with van der Waals surface area (Å²) in [6.07, 6.45) is 4.71. The van der Waals surface area contributed by atoms with E-state index in [-0.39, 0.29) is 11.1 Å². The number of carbonyl (C=O) groups excluding carboxylic acids is 2. The van der Waals surface area contributed by atoms with Crippen LogP contribution in [0.2, 0.25) is 10.0 Å². The first kappa shape index (κ1) is 22.8. The number of benzene rings is 3. The van der Waals surface area contributed by atoms with Crippen LogP contribution in [0.1, 0.15) is 23.6 Å². The van der Waals surface area contributed by atoms with E-state index in [9.17, 15) is 9.59 Å². The summed E-state index contributed by atoms with van der Waals surface area (Å²) >= 11 is 13.3. The van der Waals surface area contributed by atoms with Gasteiger partial charge in [0.2, 0.25) is 0 Å². The van der Waals surface area contributed by atoms with E-state index >= 15 is 0 Å². The second-order valence-electron chi connectivity index (χ2n) is 7.96. The third kappa shape index (κ3) is 4.16. The van der Waals surface area contributed by atoms with E-state index in [1.54, 1.807) is 24.3 Å². The smallest absolute Gasteiger partial charge is 0.298 e. The van der Waals surface area contributed by atoms with Crippen LogP contribution in [0.25, 0.3) is 17.0 Å². The van der Waals surface area contributed by atoms with Crippen molar-refractivity contribution in [3.63, 3.8) is 0 Å². The minimum Gasteiger partial charge on any atom is -0.342 e. The maximum Gasteiger partial charge on any atom is 0.298 e. The molecule has 0 aliphatic carbocycles. The van der Waals surface area contributed by atoms with Gasteiger partial charge in [-0.3, -0.25) is 9.59 Å². The van der Waals surface area contributed by atoms with Crippen molar-refractivity contribution < 1.29 is 9.59 Å². The van der Waals surface area contributed by atoms with Crippen molar-refractivity contribution in [3.05, 3.63) is 105 Å². The molecule has 3 aromatic carbocycles. The average Bonchev–Trinajstić information content (AvgIpc) is 3.32. The van der Waals surface area contributed by atoms with Crippen LogP contribution in [0.15, 0.2) is 77.8 Å². The second kappa shape index (κ2) is 9.34. The van der Waals surface area contributed by atoms with E-state index in [0.29, 0.717) is 27.2 Å². The average molecular weight is 507 g/mol. The highest BCUT2D eigenvalue weighted by Crippen LogP contribution is 2.38. The summed E-state index contributed by atoms with van der Waals surface area (Å²) < 4.78 is 2.17. The molecule has 4 aromatic rings. The lowest BCUT2D eigenvalue weighted by molar-refractivity contribution is -0.113. The molecular weight excluding hydrogens is 487 g/mol. The Morgan fingerprint density at radius 2 is 1.65 bits per heavy atom. The molecule has 2 amide bonds. The maximum absolute atomic E-state index is 13.2. The number of hydrogen-bond acceptors (Lipinski definition) is 3. The summed E-state index contributed by atoms with van der Waals surface area (Å²) in [7, 11) is 0. The Hall–Kier alpha value is -2.99. The van der Waals surface area contributed by atoms with Crippen LogP contribution < -0.4 is 4.90 Å². The first-order valence-electron chi connectivity index (χ1n) is 10.8. The van der Waals surface area contributed by atoms with Gasteiger partial charge in [0, 0.05) is 33.7 Å². The lowest BCUT2D eigenvalue weighted by Crippen LogP contribution is -2.27. The van der Waals surface area contributed by atoms with Crippen LogP contribution in [0.5, 0.6) is 0 Å². The Balaban J connectivity index is 1.58. The van der Waals surface area contributed by atoms with Crippen molar-refractivity contribution in [2.24, 2.45) is 0 Å². The molecule has 1 aromatic heterocycles. The summed E-state index contributed by atoms with van der Waals surface area (Å²) in [6.45, 7) is 2.73. The number of halogens is 2. The molecule has 170 valence electrons. The highest BCUT2D eigenvalue weighted by molar-refractivity contribution is 8.19. The number of anilines is 1. The third-order valence-corrected chi connectivity index (χ3v) is 7.35. The van der Waals surface area contributed by atoms with Crippen molar-refractivity contribution in [1.82, 2.24) is 4.57 Å². The minimum absolute atomic E-state index is 0.326. The zero-order valence-electron chi connectivity index (χ0n) is 18.3. The number of thioether (sulfide) groups is 1. The van der Waals surface area contributed by atoms with Crippen LogP contribution in [0, 0.1) is 0 Å². The number of fused-ring (bicyclic) bond motifs is 1. The van der Waals surface area contributed by atoms with Crippen LogP contribution in [0.3, 0.4) is 0 Å². The normalized spacial score (nSPS) is 15.1. The van der Waals surface area contributed by atoms with Crippen molar-refractivity contribution in [3.8, 4) is 0 Å². The van der Waals surface area contributed by atoms with Gasteiger partial charge in [-0.2, -0.15) is 0 Å². The van der Waals surface area contributed by atoms with E-state index < -0.39 is 0 Å². The van der Waals surface area contributed by atoms with Gasteiger partial charge in [0.05, 0.1) is 16.1 Å². The Bertz CT molecular complexity index is 1460. The third-order valence-electron chi connectivity index (χ3n) is 5.86. The van der Waals surface area contributed by atoms with Gasteiger partial charge >= 0.3 is 0 Å². The first-order valence-corrected chi connectivity index (χ1v) is 12.4. The molecule has 0 atom stereocenters.